The van der Waals surface area contributed by atoms with Crippen molar-refractivity contribution >= 4 is 0 Å². The first-order valence-corrected chi connectivity index (χ1v) is 5.86. The molecular weight excluding hydrogens is 200 g/mol. The summed E-state index contributed by atoms with van der Waals surface area (Å²) in [5.41, 5.74) is 2.09. The van der Waals surface area contributed by atoms with Crippen LogP contribution in [0.4, 0.5) is 0 Å². The molecular formula is C14H20O2. The summed E-state index contributed by atoms with van der Waals surface area (Å²) in [5.74, 6) is 0. The van der Waals surface area contributed by atoms with E-state index in [1.165, 1.54) is 11.1 Å². The lowest BCUT2D eigenvalue weighted by atomic mass is 9.99. The van der Waals surface area contributed by atoms with Gasteiger partial charge in [0.1, 0.15) is 5.60 Å². The fourth-order valence-corrected chi connectivity index (χ4v) is 2.07. The van der Waals surface area contributed by atoms with Crippen LogP contribution in [0.25, 0.3) is 0 Å². The van der Waals surface area contributed by atoms with Gasteiger partial charge in [0, 0.05) is 0 Å². The van der Waals surface area contributed by atoms with Gasteiger partial charge < -0.3 is 0 Å². The van der Waals surface area contributed by atoms with E-state index in [0.29, 0.717) is 0 Å². The van der Waals surface area contributed by atoms with Gasteiger partial charge in [-0.2, -0.15) is 0 Å². The number of hydrogen-bond donors (Lipinski definition) is 0. The van der Waals surface area contributed by atoms with Gasteiger partial charge in [-0.3, -0.25) is 0 Å². The third-order valence-electron chi connectivity index (χ3n) is 2.93. The highest BCUT2D eigenvalue weighted by Crippen LogP contribution is 2.40. The Morgan fingerprint density at radius 3 is 2.56 bits per heavy atom. The van der Waals surface area contributed by atoms with Crippen LogP contribution in [-0.4, -0.2) is 5.60 Å². The van der Waals surface area contributed by atoms with Crippen molar-refractivity contribution < 1.29 is 9.78 Å². The summed E-state index contributed by atoms with van der Waals surface area (Å²) in [4.78, 5) is 11.2. The molecule has 1 unspecified atom stereocenters. The molecule has 1 aliphatic carbocycles. The highest BCUT2D eigenvalue weighted by molar-refractivity contribution is 5.36. The van der Waals surface area contributed by atoms with E-state index in [-0.39, 0.29) is 11.2 Å². The van der Waals surface area contributed by atoms with Gasteiger partial charge >= 0.3 is 0 Å². The molecule has 1 aromatic rings. The maximum atomic E-state index is 5.68. The molecule has 0 heterocycles. The Bertz CT molecular complexity index is 379. The van der Waals surface area contributed by atoms with Gasteiger partial charge in [-0.25, -0.2) is 9.78 Å². The van der Waals surface area contributed by atoms with Crippen LogP contribution in [0.3, 0.4) is 0 Å². The van der Waals surface area contributed by atoms with Crippen LogP contribution in [0.15, 0.2) is 24.3 Å². The van der Waals surface area contributed by atoms with Crippen LogP contribution in [-0.2, 0) is 21.8 Å². The van der Waals surface area contributed by atoms with E-state index < -0.39 is 0 Å². The number of aryl methyl sites for hydroxylation is 1. The molecule has 0 spiro atoms. The molecule has 2 nitrogen and oxygen atoms in total. The molecule has 0 aliphatic heterocycles. The maximum Gasteiger partial charge on any atom is 0.126 e. The molecule has 1 aliphatic rings. The van der Waals surface area contributed by atoms with Crippen molar-refractivity contribution in [2.45, 2.75) is 51.7 Å². The second-order valence-electron chi connectivity index (χ2n) is 5.67. The van der Waals surface area contributed by atoms with Crippen molar-refractivity contribution in [3.05, 3.63) is 35.4 Å². The van der Waals surface area contributed by atoms with Crippen molar-refractivity contribution in [1.82, 2.24) is 0 Å². The Hall–Kier alpha value is -0.860. The Labute approximate surface area is 97.5 Å². The minimum Gasteiger partial charge on any atom is -0.230 e. The summed E-state index contributed by atoms with van der Waals surface area (Å²) in [6, 6.07) is 8.44. The second-order valence-corrected chi connectivity index (χ2v) is 5.67. The molecule has 1 atom stereocenters. The normalized spacial score (nSPS) is 24.5. The Kier molecular flexibility index (Phi) is 2.81. The minimum atomic E-state index is -0.288. The van der Waals surface area contributed by atoms with E-state index in [1.807, 2.05) is 20.8 Å². The van der Waals surface area contributed by atoms with E-state index in [2.05, 4.69) is 31.2 Å². The predicted molar refractivity (Wildman–Crippen MR) is 64.0 cm³/mol. The molecule has 88 valence electrons. The summed E-state index contributed by atoms with van der Waals surface area (Å²) in [6.45, 7) is 8.09. The molecule has 2 rings (SSSR count). The van der Waals surface area contributed by atoms with Gasteiger partial charge in [0.2, 0.25) is 0 Å². The summed E-state index contributed by atoms with van der Waals surface area (Å²) in [6.07, 6.45) is 2.06. The Morgan fingerprint density at radius 2 is 1.88 bits per heavy atom. The fourth-order valence-electron chi connectivity index (χ4n) is 2.07. The largest absolute Gasteiger partial charge is 0.230 e. The van der Waals surface area contributed by atoms with E-state index >= 15 is 0 Å². The zero-order chi connectivity index (χ0) is 11.8. The number of benzene rings is 1. The van der Waals surface area contributed by atoms with Gasteiger partial charge in [-0.05, 0) is 51.7 Å². The molecule has 0 saturated carbocycles. The lowest BCUT2D eigenvalue weighted by Crippen LogP contribution is -2.29. The molecule has 2 heteroatoms. The first-order valence-electron chi connectivity index (χ1n) is 5.86. The first kappa shape index (κ1) is 11.6. The molecule has 0 bridgehead atoms. The number of fused-ring (bicyclic) bond motifs is 1. The monoisotopic (exact) mass is 220 g/mol. The van der Waals surface area contributed by atoms with E-state index in [1.54, 1.807) is 0 Å². The zero-order valence-corrected chi connectivity index (χ0v) is 10.5. The van der Waals surface area contributed by atoms with Crippen molar-refractivity contribution in [2.75, 3.05) is 0 Å². The summed E-state index contributed by atoms with van der Waals surface area (Å²) >= 11 is 0. The number of rotatable bonds is 2. The zero-order valence-electron chi connectivity index (χ0n) is 10.5. The second kappa shape index (κ2) is 3.86. The third kappa shape index (κ3) is 2.28. The molecule has 0 radical (unpaired) electrons. The van der Waals surface area contributed by atoms with E-state index in [0.717, 1.165) is 12.8 Å². The predicted octanol–water partition coefficient (Wildman–Crippen LogP) is 3.59. The molecule has 0 fully saturated rings. The van der Waals surface area contributed by atoms with Crippen LogP contribution < -0.4 is 0 Å². The highest BCUT2D eigenvalue weighted by Gasteiger charge is 2.37. The Balaban J connectivity index is 2.16. The van der Waals surface area contributed by atoms with Gasteiger partial charge in [-0.15, -0.1) is 0 Å². The minimum absolute atomic E-state index is 0.263. The molecule has 0 aromatic heterocycles. The number of hydrogen-bond acceptors (Lipinski definition) is 2. The topological polar surface area (TPSA) is 18.5 Å². The first-order chi connectivity index (χ1) is 7.41. The van der Waals surface area contributed by atoms with Crippen LogP contribution in [0.5, 0.6) is 0 Å². The lowest BCUT2D eigenvalue weighted by Gasteiger charge is -2.29. The SMILES string of the molecule is CC(C)(C)OOC1(C)CCc2ccccc21. The van der Waals surface area contributed by atoms with Gasteiger partial charge in [0.05, 0.1) is 5.60 Å². The standard InChI is InChI=1S/C14H20O2/c1-13(2,3)15-16-14(4)10-9-11-7-5-6-8-12(11)14/h5-8H,9-10H2,1-4H3. The average Bonchev–Trinajstić information content (AvgIpc) is 2.55. The van der Waals surface area contributed by atoms with Crippen molar-refractivity contribution in [3.8, 4) is 0 Å². The maximum absolute atomic E-state index is 5.68. The fraction of sp³-hybridized carbons (Fsp3) is 0.571. The quantitative estimate of drug-likeness (QED) is 0.560. The molecule has 0 amide bonds. The lowest BCUT2D eigenvalue weighted by molar-refractivity contribution is -0.405. The van der Waals surface area contributed by atoms with Crippen LogP contribution in [0, 0.1) is 0 Å². The van der Waals surface area contributed by atoms with Gasteiger partial charge in [0.15, 0.2) is 0 Å². The average molecular weight is 220 g/mol. The molecule has 16 heavy (non-hydrogen) atoms. The highest BCUT2D eigenvalue weighted by atomic mass is 17.2. The van der Waals surface area contributed by atoms with Crippen LogP contribution >= 0.6 is 0 Å². The molecule has 1 aromatic carbocycles. The molecule has 0 N–H and O–H groups in total. The summed E-state index contributed by atoms with van der Waals surface area (Å²) in [5, 5.41) is 0. The Morgan fingerprint density at radius 1 is 1.19 bits per heavy atom. The van der Waals surface area contributed by atoms with E-state index in [9.17, 15) is 0 Å². The molecule has 0 saturated heterocycles. The van der Waals surface area contributed by atoms with Crippen LogP contribution in [0.2, 0.25) is 0 Å². The van der Waals surface area contributed by atoms with E-state index in [4.69, 9.17) is 9.78 Å². The van der Waals surface area contributed by atoms with Crippen molar-refractivity contribution in [3.63, 3.8) is 0 Å². The van der Waals surface area contributed by atoms with Gasteiger partial charge in [0.25, 0.3) is 0 Å². The third-order valence-corrected chi connectivity index (χ3v) is 2.93. The van der Waals surface area contributed by atoms with Crippen LogP contribution in [0.1, 0.15) is 45.2 Å². The smallest absolute Gasteiger partial charge is 0.126 e. The van der Waals surface area contributed by atoms with Crippen molar-refractivity contribution in [2.24, 2.45) is 0 Å². The summed E-state index contributed by atoms with van der Waals surface area (Å²) in [7, 11) is 0. The summed E-state index contributed by atoms with van der Waals surface area (Å²) < 4.78 is 0. The van der Waals surface area contributed by atoms with Crippen molar-refractivity contribution in [1.29, 1.82) is 0 Å². The van der Waals surface area contributed by atoms with Gasteiger partial charge in [-0.1, -0.05) is 24.3 Å².